The Bertz CT molecular complexity index is 811. The van der Waals surface area contributed by atoms with E-state index in [-0.39, 0.29) is 18.4 Å². The number of hydrogen-bond acceptors (Lipinski definition) is 3. The van der Waals surface area contributed by atoms with E-state index in [1.165, 1.54) is 5.56 Å². The van der Waals surface area contributed by atoms with Gasteiger partial charge in [-0.15, -0.1) is 5.10 Å². The summed E-state index contributed by atoms with van der Waals surface area (Å²) in [5, 5.41) is 8.07. The normalized spacial score (nSPS) is 16.7. The molecule has 0 aliphatic carbocycles. The van der Waals surface area contributed by atoms with Crippen LogP contribution in [-0.2, 0) is 0 Å². The summed E-state index contributed by atoms with van der Waals surface area (Å²) in [4.78, 5) is 3.49. The molecule has 3 N–H and O–H groups in total. The van der Waals surface area contributed by atoms with E-state index in [2.05, 4.69) is 84.1 Å². The third kappa shape index (κ3) is 5.44. The molecule has 0 bridgehead atoms. The quantitative estimate of drug-likeness (QED) is 0.482. The van der Waals surface area contributed by atoms with Crippen LogP contribution in [0.15, 0.2) is 71.8 Å². The van der Waals surface area contributed by atoms with Gasteiger partial charge in [-0.05, 0) is 24.0 Å². The number of rotatable bonds is 5. The van der Waals surface area contributed by atoms with Crippen LogP contribution in [0.5, 0.6) is 0 Å². The molecular weight excluding hydrogens is 356 g/mol. The van der Waals surface area contributed by atoms with Crippen molar-refractivity contribution < 1.29 is 17.4 Å². The predicted octanol–water partition coefficient (Wildman–Crippen LogP) is -0.500. The van der Waals surface area contributed by atoms with E-state index in [1.807, 2.05) is 24.3 Å². The van der Waals surface area contributed by atoms with Gasteiger partial charge in [0.15, 0.2) is 0 Å². The standard InChI is InChI=1S/C22H26N4.ClH/c1-4-19(17-11-7-5-8-12-17)25-26-22-23-20(16(2)3)15-21(24-22)18-13-9-6-10-14-18;/h5-16,20H,4H2,1-3H3,(H2,23,24,26);1H/b25-19+;. The Morgan fingerprint density at radius 2 is 1.70 bits per heavy atom. The van der Waals surface area contributed by atoms with E-state index >= 15 is 0 Å². The number of benzene rings is 2. The minimum Gasteiger partial charge on any atom is -1.00 e. The molecule has 3 rings (SSSR count). The maximum atomic E-state index is 4.64. The molecule has 1 unspecified atom stereocenters. The van der Waals surface area contributed by atoms with Gasteiger partial charge in [0.05, 0.1) is 11.8 Å². The van der Waals surface area contributed by atoms with Crippen LogP contribution in [-0.4, -0.2) is 17.7 Å². The number of hydrogen-bond donors (Lipinski definition) is 3. The first kappa shape index (κ1) is 20.7. The molecule has 0 aromatic heterocycles. The van der Waals surface area contributed by atoms with Crippen LogP contribution < -0.4 is 28.1 Å². The SMILES string of the molecule is CC/C(=N\NC1=[NH+]C(C(C)C)C=C(c2ccccc2)N1)c1ccccc1.[Cl-]. The topological polar surface area (TPSA) is 50.4 Å². The van der Waals surface area contributed by atoms with Crippen molar-refractivity contribution in [1.82, 2.24) is 10.7 Å². The van der Waals surface area contributed by atoms with Gasteiger partial charge in [-0.1, -0.05) is 81.4 Å². The van der Waals surface area contributed by atoms with Crippen molar-refractivity contribution in [3.63, 3.8) is 0 Å². The minimum atomic E-state index is 0. The van der Waals surface area contributed by atoms with Gasteiger partial charge in [0.25, 0.3) is 0 Å². The van der Waals surface area contributed by atoms with Gasteiger partial charge >= 0.3 is 5.96 Å². The Morgan fingerprint density at radius 1 is 1.07 bits per heavy atom. The summed E-state index contributed by atoms with van der Waals surface area (Å²) in [5.41, 5.74) is 7.63. The van der Waals surface area contributed by atoms with E-state index in [0.29, 0.717) is 5.92 Å². The average Bonchev–Trinajstić information content (AvgIpc) is 2.69. The molecule has 0 spiro atoms. The fourth-order valence-corrected chi connectivity index (χ4v) is 2.91. The Hall–Kier alpha value is -2.59. The molecule has 27 heavy (non-hydrogen) atoms. The predicted molar refractivity (Wildman–Crippen MR) is 109 cm³/mol. The maximum absolute atomic E-state index is 4.64. The van der Waals surface area contributed by atoms with Crippen LogP contribution >= 0.6 is 0 Å². The first-order chi connectivity index (χ1) is 12.7. The molecule has 2 aromatic rings. The molecule has 0 saturated heterocycles. The smallest absolute Gasteiger partial charge is 0.372 e. The highest BCUT2D eigenvalue weighted by molar-refractivity contribution is 6.01. The summed E-state index contributed by atoms with van der Waals surface area (Å²) in [6.07, 6.45) is 3.10. The Labute approximate surface area is 167 Å². The van der Waals surface area contributed by atoms with Gasteiger partial charge in [-0.3, -0.25) is 4.99 Å². The van der Waals surface area contributed by atoms with E-state index < -0.39 is 0 Å². The fraction of sp³-hybridized carbons (Fsp3) is 0.273. The molecule has 1 aliphatic rings. The van der Waals surface area contributed by atoms with Crippen molar-refractivity contribution in [2.75, 3.05) is 0 Å². The van der Waals surface area contributed by atoms with E-state index in [9.17, 15) is 0 Å². The zero-order chi connectivity index (χ0) is 18.4. The second-order valence-corrected chi connectivity index (χ2v) is 6.75. The highest BCUT2D eigenvalue weighted by Crippen LogP contribution is 2.14. The van der Waals surface area contributed by atoms with Gasteiger partial charge in [0, 0.05) is 5.56 Å². The van der Waals surface area contributed by atoms with Gasteiger partial charge in [-0.2, -0.15) is 5.43 Å². The summed E-state index contributed by atoms with van der Waals surface area (Å²) in [6, 6.07) is 20.9. The third-order valence-corrected chi connectivity index (χ3v) is 4.46. The van der Waals surface area contributed by atoms with Crippen molar-refractivity contribution >= 4 is 17.4 Å². The second-order valence-electron chi connectivity index (χ2n) is 6.75. The molecule has 4 nitrogen and oxygen atoms in total. The van der Waals surface area contributed by atoms with Gasteiger partial charge in [0.2, 0.25) is 0 Å². The summed E-state index contributed by atoms with van der Waals surface area (Å²) >= 11 is 0. The molecule has 0 saturated carbocycles. The zero-order valence-electron chi connectivity index (χ0n) is 16.0. The van der Waals surface area contributed by atoms with Crippen LogP contribution in [0.1, 0.15) is 38.3 Å². The highest BCUT2D eigenvalue weighted by atomic mass is 35.5. The van der Waals surface area contributed by atoms with Crippen LogP contribution in [0.25, 0.3) is 5.70 Å². The van der Waals surface area contributed by atoms with Crippen molar-refractivity contribution in [2.45, 2.75) is 33.2 Å². The molecule has 0 radical (unpaired) electrons. The molecule has 1 atom stereocenters. The van der Waals surface area contributed by atoms with Gasteiger partial charge in [0.1, 0.15) is 5.70 Å². The van der Waals surface area contributed by atoms with Crippen LogP contribution in [0.2, 0.25) is 0 Å². The van der Waals surface area contributed by atoms with E-state index in [1.54, 1.807) is 0 Å². The Balaban J connectivity index is 0.00000261. The minimum absolute atomic E-state index is 0. The number of nitrogens with zero attached hydrogens (tertiary/aromatic N) is 1. The Morgan fingerprint density at radius 3 is 2.30 bits per heavy atom. The maximum Gasteiger partial charge on any atom is 0.372 e. The third-order valence-electron chi connectivity index (χ3n) is 4.46. The number of nitrogens with one attached hydrogen (secondary N) is 3. The van der Waals surface area contributed by atoms with Crippen molar-refractivity contribution in [2.24, 2.45) is 11.0 Å². The van der Waals surface area contributed by atoms with Crippen molar-refractivity contribution in [3.8, 4) is 0 Å². The first-order valence-corrected chi connectivity index (χ1v) is 9.23. The zero-order valence-corrected chi connectivity index (χ0v) is 16.8. The van der Waals surface area contributed by atoms with Crippen LogP contribution in [0.3, 0.4) is 0 Å². The molecule has 0 amide bonds. The van der Waals surface area contributed by atoms with Crippen LogP contribution in [0, 0.1) is 5.92 Å². The number of hydrazone groups is 1. The molecule has 2 aromatic carbocycles. The monoisotopic (exact) mass is 382 g/mol. The molecule has 5 heteroatoms. The lowest BCUT2D eigenvalue weighted by atomic mass is 10.0. The lowest BCUT2D eigenvalue weighted by molar-refractivity contribution is -0.503. The molecular formula is C22H27ClN4. The van der Waals surface area contributed by atoms with E-state index in [4.69, 9.17) is 0 Å². The van der Waals surface area contributed by atoms with Crippen LogP contribution in [0.4, 0.5) is 0 Å². The summed E-state index contributed by atoms with van der Waals surface area (Å²) in [7, 11) is 0. The molecule has 142 valence electrons. The molecule has 1 heterocycles. The molecule has 1 aliphatic heterocycles. The van der Waals surface area contributed by atoms with E-state index in [0.717, 1.165) is 29.4 Å². The first-order valence-electron chi connectivity index (χ1n) is 9.23. The van der Waals surface area contributed by atoms with Crippen molar-refractivity contribution in [3.05, 3.63) is 77.9 Å². The van der Waals surface area contributed by atoms with Gasteiger partial charge < -0.3 is 12.4 Å². The Kier molecular flexibility index (Phi) is 7.62. The van der Waals surface area contributed by atoms with Crippen molar-refractivity contribution in [1.29, 1.82) is 0 Å². The number of guanidine groups is 1. The molecule has 0 fully saturated rings. The summed E-state index contributed by atoms with van der Waals surface area (Å²) in [6.45, 7) is 6.54. The largest absolute Gasteiger partial charge is 1.00 e. The number of halogens is 1. The summed E-state index contributed by atoms with van der Waals surface area (Å²) in [5.74, 6) is 1.28. The fourth-order valence-electron chi connectivity index (χ4n) is 2.91. The second kappa shape index (κ2) is 9.93. The lowest BCUT2D eigenvalue weighted by Gasteiger charge is -2.20. The lowest BCUT2D eigenvalue weighted by Crippen LogP contribution is -3.00. The highest BCUT2D eigenvalue weighted by Gasteiger charge is 2.23. The van der Waals surface area contributed by atoms with Gasteiger partial charge in [-0.25, -0.2) is 5.32 Å². The average molecular weight is 383 g/mol. The summed E-state index contributed by atoms with van der Waals surface area (Å²) < 4.78 is 0.